The summed E-state index contributed by atoms with van der Waals surface area (Å²) in [4.78, 5) is 13.3. The fourth-order valence-electron chi connectivity index (χ4n) is 1.01. The molecule has 0 saturated carbocycles. The lowest BCUT2D eigenvalue weighted by atomic mass is 10.4. The molecular formula is C11H19NO2S. The highest BCUT2D eigenvalue weighted by Gasteiger charge is 2.09. The van der Waals surface area contributed by atoms with Gasteiger partial charge in [0.1, 0.15) is 0 Å². The van der Waals surface area contributed by atoms with Crippen molar-refractivity contribution in [3.8, 4) is 0 Å². The molecule has 0 aliphatic heterocycles. The summed E-state index contributed by atoms with van der Waals surface area (Å²) in [5.74, 6) is 1.37. The average Bonchev–Trinajstić information content (AvgIpc) is 2.24. The molecule has 0 radical (unpaired) electrons. The van der Waals surface area contributed by atoms with Crippen molar-refractivity contribution in [2.24, 2.45) is 0 Å². The van der Waals surface area contributed by atoms with Crippen molar-refractivity contribution in [1.29, 1.82) is 0 Å². The molecule has 0 bridgehead atoms. The summed E-state index contributed by atoms with van der Waals surface area (Å²) in [6.45, 7) is 8.52. The molecule has 0 aromatic heterocycles. The minimum Gasteiger partial charge on any atom is -0.396 e. The van der Waals surface area contributed by atoms with Gasteiger partial charge < -0.3 is 10.0 Å². The summed E-state index contributed by atoms with van der Waals surface area (Å²) < 4.78 is 0. The van der Waals surface area contributed by atoms with Crippen molar-refractivity contribution in [2.75, 3.05) is 31.2 Å². The zero-order chi connectivity index (χ0) is 11.5. The molecule has 0 atom stereocenters. The molecule has 3 nitrogen and oxygen atoms in total. The first kappa shape index (κ1) is 14.3. The van der Waals surface area contributed by atoms with Crippen LogP contribution in [0.3, 0.4) is 0 Å². The molecule has 0 aliphatic carbocycles. The number of nitrogens with zero attached hydrogens (tertiary/aromatic N) is 1. The van der Waals surface area contributed by atoms with Gasteiger partial charge >= 0.3 is 0 Å². The van der Waals surface area contributed by atoms with Crippen LogP contribution in [0.5, 0.6) is 0 Å². The number of hydrogen-bond donors (Lipinski definition) is 1. The Kier molecular flexibility index (Phi) is 9.32. The minimum absolute atomic E-state index is 0.0951. The maximum absolute atomic E-state index is 11.6. The highest BCUT2D eigenvalue weighted by molar-refractivity contribution is 7.99. The van der Waals surface area contributed by atoms with Crippen molar-refractivity contribution in [3.63, 3.8) is 0 Å². The van der Waals surface area contributed by atoms with E-state index >= 15 is 0 Å². The van der Waals surface area contributed by atoms with Crippen LogP contribution in [0.1, 0.15) is 6.42 Å². The van der Waals surface area contributed by atoms with Crippen LogP contribution < -0.4 is 0 Å². The molecule has 0 fully saturated rings. The van der Waals surface area contributed by atoms with Gasteiger partial charge in [0, 0.05) is 19.7 Å². The molecule has 1 N–H and O–H groups in total. The van der Waals surface area contributed by atoms with Crippen LogP contribution in [0, 0.1) is 0 Å². The van der Waals surface area contributed by atoms with E-state index in [1.165, 1.54) is 0 Å². The van der Waals surface area contributed by atoms with Gasteiger partial charge in [-0.15, -0.1) is 13.2 Å². The maximum atomic E-state index is 11.6. The van der Waals surface area contributed by atoms with Crippen LogP contribution in [0.15, 0.2) is 25.3 Å². The zero-order valence-corrected chi connectivity index (χ0v) is 9.84. The highest BCUT2D eigenvalue weighted by atomic mass is 32.2. The highest BCUT2D eigenvalue weighted by Crippen LogP contribution is 2.04. The van der Waals surface area contributed by atoms with Gasteiger partial charge in [0.15, 0.2) is 0 Å². The monoisotopic (exact) mass is 229 g/mol. The number of amides is 1. The Morgan fingerprint density at radius 3 is 2.40 bits per heavy atom. The molecular weight excluding hydrogens is 210 g/mol. The standard InChI is InChI=1S/C11H19NO2S/c1-3-6-12(7-4-2)11(14)10-15-9-5-8-13/h3-4,13H,1-2,5-10H2. The summed E-state index contributed by atoms with van der Waals surface area (Å²) >= 11 is 1.55. The van der Waals surface area contributed by atoms with Gasteiger partial charge in [0.25, 0.3) is 0 Å². The fourth-order valence-corrected chi connectivity index (χ4v) is 1.84. The van der Waals surface area contributed by atoms with Gasteiger partial charge in [-0.2, -0.15) is 11.8 Å². The van der Waals surface area contributed by atoms with Crippen molar-refractivity contribution in [1.82, 2.24) is 4.90 Å². The lowest BCUT2D eigenvalue weighted by molar-refractivity contribution is -0.127. The second-order valence-corrected chi connectivity index (χ2v) is 4.11. The van der Waals surface area contributed by atoms with E-state index < -0.39 is 0 Å². The van der Waals surface area contributed by atoms with Gasteiger partial charge in [0.2, 0.25) is 5.91 Å². The first-order valence-electron chi connectivity index (χ1n) is 4.94. The summed E-state index contributed by atoms with van der Waals surface area (Å²) in [5.41, 5.74) is 0. The summed E-state index contributed by atoms with van der Waals surface area (Å²) in [6, 6.07) is 0. The molecule has 0 unspecified atom stereocenters. The van der Waals surface area contributed by atoms with E-state index in [0.717, 1.165) is 12.2 Å². The molecule has 0 aliphatic rings. The van der Waals surface area contributed by atoms with E-state index in [-0.39, 0.29) is 12.5 Å². The number of rotatable bonds is 9. The van der Waals surface area contributed by atoms with Crippen LogP contribution in [0.2, 0.25) is 0 Å². The largest absolute Gasteiger partial charge is 0.396 e. The third-order valence-electron chi connectivity index (χ3n) is 1.72. The Bertz CT molecular complexity index is 197. The van der Waals surface area contributed by atoms with Gasteiger partial charge in [-0.1, -0.05) is 12.2 Å². The minimum atomic E-state index is 0.0951. The molecule has 0 aromatic carbocycles. The number of aliphatic hydroxyl groups excluding tert-OH is 1. The Balaban J connectivity index is 3.80. The van der Waals surface area contributed by atoms with Gasteiger partial charge in [0.05, 0.1) is 5.75 Å². The lowest BCUT2D eigenvalue weighted by Crippen LogP contribution is -2.32. The van der Waals surface area contributed by atoms with Crippen molar-refractivity contribution in [3.05, 3.63) is 25.3 Å². The van der Waals surface area contributed by atoms with E-state index in [0.29, 0.717) is 18.8 Å². The Hall–Kier alpha value is -0.740. The molecule has 0 aromatic rings. The first-order chi connectivity index (χ1) is 7.26. The topological polar surface area (TPSA) is 40.5 Å². The maximum Gasteiger partial charge on any atom is 0.233 e. The van der Waals surface area contributed by atoms with Crippen LogP contribution in [0.25, 0.3) is 0 Å². The molecule has 86 valence electrons. The fraction of sp³-hybridized carbons (Fsp3) is 0.545. The average molecular weight is 229 g/mol. The van der Waals surface area contributed by atoms with Crippen LogP contribution in [0.4, 0.5) is 0 Å². The predicted octanol–water partition coefficient (Wildman–Crippen LogP) is 1.30. The van der Waals surface area contributed by atoms with Crippen LogP contribution in [-0.2, 0) is 4.79 Å². The van der Waals surface area contributed by atoms with Gasteiger partial charge in [-0.05, 0) is 12.2 Å². The Morgan fingerprint density at radius 2 is 1.93 bits per heavy atom. The quantitative estimate of drug-likeness (QED) is 0.478. The second kappa shape index (κ2) is 9.80. The number of thioether (sulfide) groups is 1. The summed E-state index contributed by atoms with van der Waals surface area (Å²) in [5, 5.41) is 8.57. The number of aliphatic hydroxyl groups is 1. The molecule has 15 heavy (non-hydrogen) atoms. The third kappa shape index (κ3) is 7.22. The van der Waals surface area contributed by atoms with Crippen molar-refractivity contribution < 1.29 is 9.90 Å². The second-order valence-electron chi connectivity index (χ2n) is 3.01. The van der Waals surface area contributed by atoms with E-state index in [1.54, 1.807) is 28.8 Å². The molecule has 0 spiro atoms. The Morgan fingerprint density at radius 1 is 1.33 bits per heavy atom. The SMILES string of the molecule is C=CCN(CC=C)C(=O)CSCCCO. The number of hydrogen-bond acceptors (Lipinski definition) is 3. The van der Waals surface area contributed by atoms with E-state index in [2.05, 4.69) is 13.2 Å². The van der Waals surface area contributed by atoms with Gasteiger partial charge in [-0.3, -0.25) is 4.79 Å². The van der Waals surface area contributed by atoms with E-state index in [1.807, 2.05) is 0 Å². The van der Waals surface area contributed by atoms with E-state index in [9.17, 15) is 4.79 Å². The molecule has 0 heterocycles. The predicted molar refractivity (Wildman–Crippen MR) is 66.0 cm³/mol. The molecule has 1 amide bonds. The normalized spacial score (nSPS) is 9.67. The molecule has 0 saturated heterocycles. The Labute approximate surface area is 95.8 Å². The van der Waals surface area contributed by atoms with Gasteiger partial charge in [-0.25, -0.2) is 0 Å². The van der Waals surface area contributed by atoms with Crippen LogP contribution >= 0.6 is 11.8 Å². The summed E-state index contributed by atoms with van der Waals surface area (Å²) in [6.07, 6.45) is 4.15. The summed E-state index contributed by atoms with van der Waals surface area (Å²) in [7, 11) is 0. The van der Waals surface area contributed by atoms with E-state index in [4.69, 9.17) is 5.11 Å². The first-order valence-corrected chi connectivity index (χ1v) is 6.10. The van der Waals surface area contributed by atoms with Crippen molar-refractivity contribution in [2.45, 2.75) is 6.42 Å². The van der Waals surface area contributed by atoms with Crippen LogP contribution in [-0.4, -0.2) is 47.1 Å². The third-order valence-corrected chi connectivity index (χ3v) is 2.75. The molecule has 0 rings (SSSR count). The number of carbonyl (C=O) groups is 1. The smallest absolute Gasteiger partial charge is 0.233 e. The number of carbonyl (C=O) groups excluding carboxylic acids is 1. The molecule has 4 heteroatoms. The zero-order valence-electron chi connectivity index (χ0n) is 9.02. The lowest BCUT2D eigenvalue weighted by Gasteiger charge is -2.18. The van der Waals surface area contributed by atoms with Crippen molar-refractivity contribution >= 4 is 17.7 Å².